The molecular formula is C17H23F3N2O2. The van der Waals surface area contributed by atoms with Gasteiger partial charge >= 0.3 is 12.3 Å². The van der Waals surface area contributed by atoms with Crippen molar-refractivity contribution >= 4 is 11.8 Å². The van der Waals surface area contributed by atoms with E-state index in [1.54, 1.807) is 31.7 Å². The van der Waals surface area contributed by atoms with Gasteiger partial charge in [-0.05, 0) is 45.2 Å². The number of alkyl halides is 3. The summed E-state index contributed by atoms with van der Waals surface area (Å²) in [6.07, 6.45) is -4.02. The molecule has 1 aromatic rings. The largest absolute Gasteiger partial charge is 0.444 e. The molecule has 0 aromatic heterocycles. The molecule has 0 spiro atoms. The minimum absolute atomic E-state index is 0.0701. The fourth-order valence-electron chi connectivity index (χ4n) is 2.63. The van der Waals surface area contributed by atoms with Gasteiger partial charge in [0.25, 0.3) is 0 Å². The molecule has 24 heavy (non-hydrogen) atoms. The zero-order valence-corrected chi connectivity index (χ0v) is 14.1. The second-order valence-electron chi connectivity index (χ2n) is 7.01. The van der Waals surface area contributed by atoms with Crippen LogP contribution in [0.3, 0.4) is 0 Å². The number of amides is 1. The van der Waals surface area contributed by atoms with Crippen molar-refractivity contribution in [3.63, 3.8) is 0 Å². The molecule has 1 aliphatic rings. The van der Waals surface area contributed by atoms with E-state index in [9.17, 15) is 18.0 Å². The van der Waals surface area contributed by atoms with E-state index in [-0.39, 0.29) is 17.7 Å². The van der Waals surface area contributed by atoms with Crippen LogP contribution in [0.15, 0.2) is 24.3 Å². The molecule has 1 amide bonds. The quantitative estimate of drug-likeness (QED) is 0.885. The van der Waals surface area contributed by atoms with Crippen molar-refractivity contribution < 1.29 is 22.7 Å². The molecule has 0 radical (unpaired) electrons. The van der Waals surface area contributed by atoms with Gasteiger partial charge in [0.05, 0.1) is 5.56 Å². The van der Waals surface area contributed by atoms with E-state index in [1.807, 2.05) is 0 Å². The first-order valence-electron chi connectivity index (χ1n) is 7.94. The smallest absolute Gasteiger partial charge is 0.418 e. The monoisotopic (exact) mass is 344 g/mol. The molecule has 1 fully saturated rings. The number of nitrogens with one attached hydrogen (secondary N) is 1. The van der Waals surface area contributed by atoms with Gasteiger partial charge in [0.2, 0.25) is 0 Å². The van der Waals surface area contributed by atoms with Crippen LogP contribution >= 0.6 is 0 Å². The van der Waals surface area contributed by atoms with Crippen LogP contribution in [0.4, 0.5) is 23.7 Å². The Morgan fingerprint density at radius 2 is 1.96 bits per heavy atom. The minimum atomic E-state index is -4.39. The number of hydrogen-bond acceptors (Lipinski definition) is 3. The summed E-state index contributed by atoms with van der Waals surface area (Å²) >= 11 is 0. The number of para-hydroxylation sites is 1. The van der Waals surface area contributed by atoms with Crippen LogP contribution in [0, 0.1) is 5.92 Å². The van der Waals surface area contributed by atoms with E-state index in [4.69, 9.17) is 4.74 Å². The number of anilines is 1. The van der Waals surface area contributed by atoms with Gasteiger partial charge in [0, 0.05) is 25.3 Å². The number of likely N-dealkylation sites (tertiary alicyclic amines) is 1. The molecule has 1 aliphatic heterocycles. The van der Waals surface area contributed by atoms with Gasteiger partial charge in [-0.1, -0.05) is 12.1 Å². The Hall–Kier alpha value is -1.92. The Bertz CT molecular complexity index is 582. The van der Waals surface area contributed by atoms with Gasteiger partial charge in [-0.15, -0.1) is 0 Å². The van der Waals surface area contributed by atoms with Crippen molar-refractivity contribution in [3.05, 3.63) is 29.8 Å². The molecule has 7 heteroatoms. The summed E-state index contributed by atoms with van der Waals surface area (Å²) in [6.45, 7) is 6.82. The Morgan fingerprint density at radius 3 is 2.58 bits per heavy atom. The fourth-order valence-corrected chi connectivity index (χ4v) is 2.63. The molecule has 0 unspecified atom stereocenters. The van der Waals surface area contributed by atoms with Crippen LogP contribution in [-0.4, -0.2) is 36.2 Å². The number of carbonyl (C=O) groups is 1. The molecule has 1 aromatic carbocycles. The van der Waals surface area contributed by atoms with E-state index in [0.29, 0.717) is 19.6 Å². The van der Waals surface area contributed by atoms with Gasteiger partial charge in [-0.3, -0.25) is 0 Å². The molecule has 0 saturated carbocycles. The lowest BCUT2D eigenvalue weighted by Gasteiger charge is -2.24. The van der Waals surface area contributed by atoms with E-state index in [0.717, 1.165) is 12.5 Å². The van der Waals surface area contributed by atoms with Gasteiger partial charge in [-0.25, -0.2) is 4.79 Å². The highest BCUT2D eigenvalue weighted by Gasteiger charge is 2.34. The molecule has 2 rings (SSSR count). The van der Waals surface area contributed by atoms with Crippen molar-refractivity contribution in [2.75, 3.05) is 25.0 Å². The zero-order valence-electron chi connectivity index (χ0n) is 14.1. The van der Waals surface area contributed by atoms with Crippen LogP contribution < -0.4 is 5.32 Å². The van der Waals surface area contributed by atoms with Crippen LogP contribution in [0.5, 0.6) is 0 Å². The maximum Gasteiger partial charge on any atom is 0.418 e. The summed E-state index contributed by atoms with van der Waals surface area (Å²) < 4.78 is 44.2. The summed E-state index contributed by atoms with van der Waals surface area (Å²) in [4.78, 5) is 13.6. The second kappa shape index (κ2) is 6.91. The van der Waals surface area contributed by atoms with Crippen molar-refractivity contribution in [2.45, 2.75) is 39.0 Å². The summed E-state index contributed by atoms with van der Waals surface area (Å²) in [7, 11) is 0. The number of nitrogens with zero attached hydrogens (tertiary/aromatic N) is 1. The first-order chi connectivity index (χ1) is 11.1. The maximum atomic E-state index is 13.0. The molecular weight excluding hydrogens is 321 g/mol. The molecule has 134 valence electrons. The SMILES string of the molecule is CC(C)(C)OC(=O)N1CC[C@@H](CNc2ccccc2C(F)(F)F)C1. The van der Waals surface area contributed by atoms with Crippen LogP contribution in [0.25, 0.3) is 0 Å². The Kier molecular flexibility index (Phi) is 5.30. The first kappa shape index (κ1) is 18.4. The maximum absolute atomic E-state index is 13.0. The minimum Gasteiger partial charge on any atom is -0.444 e. The lowest BCUT2D eigenvalue weighted by atomic mass is 10.1. The van der Waals surface area contributed by atoms with Crippen molar-refractivity contribution in [1.82, 2.24) is 4.90 Å². The first-order valence-corrected chi connectivity index (χ1v) is 7.94. The van der Waals surface area contributed by atoms with Gasteiger partial charge in [-0.2, -0.15) is 13.2 Å². The van der Waals surface area contributed by atoms with E-state index in [1.165, 1.54) is 12.1 Å². The topological polar surface area (TPSA) is 41.6 Å². The normalized spacial score (nSPS) is 18.6. The average Bonchev–Trinajstić information content (AvgIpc) is 2.91. The number of halogens is 3. The van der Waals surface area contributed by atoms with Crippen LogP contribution in [0.1, 0.15) is 32.8 Å². The highest BCUT2D eigenvalue weighted by atomic mass is 19.4. The standard InChI is InChI=1S/C17H23F3N2O2/c1-16(2,3)24-15(23)22-9-8-12(11-22)10-21-14-7-5-4-6-13(14)17(18,19)20/h4-7,12,21H,8-11H2,1-3H3/t12-/m0/s1. The van der Waals surface area contributed by atoms with E-state index >= 15 is 0 Å². The third-order valence-electron chi connectivity index (χ3n) is 3.75. The van der Waals surface area contributed by atoms with Crippen LogP contribution in [0.2, 0.25) is 0 Å². The summed E-state index contributed by atoms with van der Waals surface area (Å²) in [6, 6.07) is 5.42. The number of ether oxygens (including phenoxy) is 1. The second-order valence-corrected chi connectivity index (χ2v) is 7.01. The Labute approximate surface area is 140 Å². The molecule has 1 saturated heterocycles. The predicted octanol–water partition coefficient (Wildman–Crippen LogP) is 4.37. The lowest BCUT2D eigenvalue weighted by Crippen LogP contribution is -2.35. The number of carbonyl (C=O) groups excluding carboxylic acids is 1. The molecule has 1 atom stereocenters. The highest BCUT2D eigenvalue weighted by molar-refractivity contribution is 5.68. The molecule has 0 bridgehead atoms. The van der Waals surface area contributed by atoms with Crippen molar-refractivity contribution in [3.8, 4) is 0 Å². The van der Waals surface area contributed by atoms with Crippen molar-refractivity contribution in [1.29, 1.82) is 0 Å². The molecule has 1 heterocycles. The number of hydrogen-bond donors (Lipinski definition) is 1. The number of benzene rings is 1. The summed E-state index contributed by atoms with van der Waals surface area (Å²) in [5.74, 6) is 0.0961. The van der Waals surface area contributed by atoms with E-state index < -0.39 is 17.3 Å². The van der Waals surface area contributed by atoms with Crippen LogP contribution in [-0.2, 0) is 10.9 Å². The number of rotatable bonds is 3. The zero-order chi connectivity index (χ0) is 18.0. The lowest BCUT2D eigenvalue weighted by molar-refractivity contribution is -0.137. The molecule has 0 aliphatic carbocycles. The fraction of sp³-hybridized carbons (Fsp3) is 0.588. The average molecular weight is 344 g/mol. The van der Waals surface area contributed by atoms with Gasteiger partial charge in [0.1, 0.15) is 5.60 Å². The summed E-state index contributed by atoms with van der Waals surface area (Å²) in [5.41, 5.74) is -1.16. The Morgan fingerprint density at radius 1 is 1.29 bits per heavy atom. The third-order valence-corrected chi connectivity index (χ3v) is 3.75. The van der Waals surface area contributed by atoms with Gasteiger partial charge in [0.15, 0.2) is 0 Å². The van der Waals surface area contributed by atoms with Gasteiger partial charge < -0.3 is 15.0 Å². The molecule has 4 nitrogen and oxygen atoms in total. The molecule has 1 N–H and O–H groups in total. The van der Waals surface area contributed by atoms with E-state index in [2.05, 4.69) is 5.32 Å². The summed E-state index contributed by atoms with van der Waals surface area (Å²) in [5, 5.41) is 2.87. The third kappa shape index (κ3) is 5.04. The Balaban J connectivity index is 1.90. The predicted molar refractivity (Wildman–Crippen MR) is 85.8 cm³/mol. The van der Waals surface area contributed by atoms with Crippen molar-refractivity contribution in [2.24, 2.45) is 5.92 Å². The highest BCUT2D eigenvalue weighted by Crippen LogP contribution is 2.34.